The number of hydrogen-bond acceptors (Lipinski definition) is 2. The number of aryl methyl sites for hydroxylation is 1. The molecule has 0 saturated carbocycles. The lowest BCUT2D eigenvalue weighted by molar-refractivity contribution is 0.462. The lowest BCUT2D eigenvalue weighted by Crippen LogP contribution is -2.05. The molecule has 0 fully saturated rings. The zero-order valence-electron chi connectivity index (χ0n) is 6.89. The average molecular weight is 151 g/mol. The summed E-state index contributed by atoms with van der Waals surface area (Å²) in [6, 6.07) is 5.76. The number of rotatable bonds is 2. The van der Waals surface area contributed by atoms with E-state index in [1.165, 1.54) is 0 Å². The molecule has 2 heteroatoms. The van der Waals surface area contributed by atoms with Crippen LogP contribution in [0.4, 0.5) is 0 Å². The highest BCUT2D eigenvalue weighted by Gasteiger charge is 2.00. The van der Waals surface area contributed by atoms with Crippen molar-refractivity contribution in [1.82, 2.24) is 5.32 Å². The van der Waals surface area contributed by atoms with Crippen molar-refractivity contribution in [3.63, 3.8) is 0 Å². The second-order valence-electron chi connectivity index (χ2n) is 2.61. The lowest BCUT2D eigenvalue weighted by atomic mass is 10.1. The third-order valence-electron chi connectivity index (χ3n) is 1.69. The maximum absolute atomic E-state index is 9.49. The van der Waals surface area contributed by atoms with Gasteiger partial charge in [-0.3, -0.25) is 0 Å². The Bertz CT molecular complexity index is 245. The second kappa shape index (κ2) is 3.39. The third kappa shape index (κ3) is 1.71. The van der Waals surface area contributed by atoms with Crippen molar-refractivity contribution in [2.24, 2.45) is 0 Å². The van der Waals surface area contributed by atoms with Gasteiger partial charge in [0, 0.05) is 12.1 Å². The Morgan fingerprint density at radius 1 is 1.45 bits per heavy atom. The summed E-state index contributed by atoms with van der Waals surface area (Å²) >= 11 is 0. The van der Waals surface area contributed by atoms with Gasteiger partial charge in [-0.05, 0) is 19.5 Å². The Kier molecular flexibility index (Phi) is 2.49. The Morgan fingerprint density at radius 2 is 2.18 bits per heavy atom. The van der Waals surface area contributed by atoms with Crippen LogP contribution in [0.25, 0.3) is 0 Å². The molecule has 60 valence electrons. The zero-order chi connectivity index (χ0) is 8.27. The highest BCUT2D eigenvalue weighted by atomic mass is 16.3. The Hall–Kier alpha value is -1.02. The van der Waals surface area contributed by atoms with E-state index in [0.717, 1.165) is 11.1 Å². The number of phenols is 1. The topological polar surface area (TPSA) is 32.3 Å². The summed E-state index contributed by atoms with van der Waals surface area (Å²) in [7, 11) is 1.86. The van der Waals surface area contributed by atoms with E-state index in [0.29, 0.717) is 12.3 Å². The lowest BCUT2D eigenvalue weighted by Gasteiger charge is -2.05. The molecule has 0 atom stereocenters. The first-order valence-corrected chi connectivity index (χ1v) is 3.67. The van der Waals surface area contributed by atoms with E-state index in [4.69, 9.17) is 0 Å². The summed E-state index contributed by atoms with van der Waals surface area (Å²) in [6.45, 7) is 2.61. The van der Waals surface area contributed by atoms with Crippen LogP contribution in [0.1, 0.15) is 11.1 Å². The van der Waals surface area contributed by atoms with Gasteiger partial charge in [0.05, 0.1) is 0 Å². The molecule has 0 radical (unpaired) electrons. The third-order valence-corrected chi connectivity index (χ3v) is 1.69. The molecule has 0 unspecified atom stereocenters. The van der Waals surface area contributed by atoms with E-state index in [9.17, 15) is 5.11 Å². The predicted molar refractivity (Wildman–Crippen MR) is 45.6 cm³/mol. The number of nitrogens with one attached hydrogen (secondary N) is 1. The van der Waals surface area contributed by atoms with Crippen molar-refractivity contribution in [2.45, 2.75) is 13.5 Å². The summed E-state index contributed by atoms with van der Waals surface area (Å²) in [5.74, 6) is 0.404. The van der Waals surface area contributed by atoms with Gasteiger partial charge in [-0.2, -0.15) is 0 Å². The van der Waals surface area contributed by atoms with Gasteiger partial charge in [0.1, 0.15) is 5.75 Å². The van der Waals surface area contributed by atoms with E-state index in [1.54, 1.807) is 0 Å². The van der Waals surface area contributed by atoms with Gasteiger partial charge in [-0.15, -0.1) is 0 Å². The van der Waals surface area contributed by atoms with E-state index >= 15 is 0 Å². The van der Waals surface area contributed by atoms with Crippen LogP contribution >= 0.6 is 0 Å². The van der Waals surface area contributed by atoms with Gasteiger partial charge in [0.15, 0.2) is 0 Å². The number of para-hydroxylation sites is 1. The van der Waals surface area contributed by atoms with Crippen LogP contribution in [-0.2, 0) is 6.54 Å². The smallest absolute Gasteiger partial charge is 0.122 e. The summed E-state index contributed by atoms with van der Waals surface area (Å²) in [5.41, 5.74) is 1.88. The first-order valence-electron chi connectivity index (χ1n) is 3.67. The molecule has 0 aliphatic carbocycles. The summed E-state index contributed by atoms with van der Waals surface area (Å²) in [4.78, 5) is 0. The van der Waals surface area contributed by atoms with Crippen molar-refractivity contribution in [3.05, 3.63) is 29.3 Å². The van der Waals surface area contributed by atoms with Crippen molar-refractivity contribution < 1.29 is 5.11 Å². The van der Waals surface area contributed by atoms with Crippen LogP contribution in [0.3, 0.4) is 0 Å². The molecule has 0 aliphatic rings. The van der Waals surface area contributed by atoms with Crippen molar-refractivity contribution >= 4 is 0 Å². The van der Waals surface area contributed by atoms with Crippen molar-refractivity contribution in [2.75, 3.05) is 7.05 Å². The van der Waals surface area contributed by atoms with Crippen LogP contribution < -0.4 is 5.32 Å². The normalized spacial score (nSPS) is 10.0. The molecule has 2 nitrogen and oxygen atoms in total. The number of hydrogen-bond donors (Lipinski definition) is 2. The van der Waals surface area contributed by atoms with Gasteiger partial charge in [-0.1, -0.05) is 18.2 Å². The molecule has 1 aromatic carbocycles. The molecule has 0 aliphatic heterocycles. The largest absolute Gasteiger partial charge is 0.507 e. The first kappa shape index (κ1) is 8.08. The molecule has 0 bridgehead atoms. The molecular formula is C9H13NO. The molecule has 0 heterocycles. The Morgan fingerprint density at radius 3 is 2.82 bits per heavy atom. The standard InChI is InChI=1S/C9H13NO/c1-7-4-3-5-8(6-10-2)9(7)11/h3-5,10-11H,6H2,1-2H3. The molecule has 0 amide bonds. The monoisotopic (exact) mass is 151 g/mol. The molecule has 0 spiro atoms. The van der Waals surface area contributed by atoms with Gasteiger partial charge in [-0.25, -0.2) is 0 Å². The fourth-order valence-corrected chi connectivity index (χ4v) is 1.05. The van der Waals surface area contributed by atoms with Crippen LogP contribution in [-0.4, -0.2) is 12.2 Å². The van der Waals surface area contributed by atoms with Gasteiger partial charge < -0.3 is 10.4 Å². The van der Waals surface area contributed by atoms with E-state index in [-0.39, 0.29) is 0 Å². The summed E-state index contributed by atoms with van der Waals surface area (Å²) < 4.78 is 0. The van der Waals surface area contributed by atoms with Crippen LogP contribution in [0.2, 0.25) is 0 Å². The summed E-state index contributed by atoms with van der Waals surface area (Å²) in [6.07, 6.45) is 0. The van der Waals surface area contributed by atoms with E-state index in [2.05, 4.69) is 5.32 Å². The maximum atomic E-state index is 9.49. The SMILES string of the molecule is CNCc1cccc(C)c1O. The van der Waals surface area contributed by atoms with Gasteiger partial charge in [0.2, 0.25) is 0 Å². The molecule has 0 saturated heterocycles. The maximum Gasteiger partial charge on any atom is 0.122 e. The van der Waals surface area contributed by atoms with Crippen LogP contribution in [0, 0.1) is 6.92 Å². The minimum atomic E-state index is 0.404. The van der Waals surface area contributed by atoms with E-state index in [1.807, 2.05) is 32.2 Å². The van der Waals surface area contributed by atoms with Crippen molar-refractivity contribution in [3.8, 4) is 5.75 Å². The van der Waals surface area contributed by atoms with Gasteiger partial charge in [0.25, 0.3) is 0 Å². The average Bonchev–Trinajstić information content (AvgIpc) is 1.99. The van der Waals surface area contributed by atoms with Crippen LogP contribution in [0.5, 0.6) is 5.75 Å². The molecule has 2 N–H and O–H groups in total. The fourth-order valence-electron chi connectivity index (χ4n) is 1.05. The molecular weight excluding hydrogens is 138 g/mol. The summed E-state index contributed by atoms with van der Waals surface area (Å²) in [5, 5.41) is 12.5. The molecule has 11 heavy (non-hydrogen) atoms. The van der Waals surface area contributed by atoms with Gasteiger partial charge >= 0.3 is 0 Å². The highest BCUT2D eigenvalue weighted by molar-refractivity contribution is 5.39. The van der Waals surface area contributed by atoms with Crippen molar-refractivity contribution in [1.29, 1.82) is 0 Å². The highest BCUT2D eigenvalue weighted by Crippen LogP contribution is 2.20. The Balaban J connectivity index is 2.96. The minimum absolute atomic E-state index is 0.404. The Labute approximate surface area is 66.9 Å². The van der Waals surface area contributed by atoms with E-state index < -0.39 is 0 Å². The zero-order valence-corrected chi connectivity index (χ0v) is 6.89. The minimum Gasteiger partial charge on any atom is -0.507 e. The fraction of sp³-hybridized carbons (Fsp3) is 0.333. The molecule has 0 aromatic heterocycles. The second-order valence-corrected chi connectivity index (χ2v) is 2.61. The quantitative estimate of drug-likeness (QED) is 0.670. The predicted octanol–water partition coefficient (Wildman–Crippen LogP) is 1.42. The number of benzene rings is 1. The first-order chi connectivity index (χ1) is 5.25. The van der Waals surface area contributed by atoms with Crippen LogP contribution in [0.15, 0.2) is 18.2 Å². The number of aromatic hydroxyl groups is 1. The molecule has 1 aromatic rings. The number of phenolic OH excluding ortho intramolecular Hbond substituents is 1. The molecule has 1 rings (SSSR count).